The zero-order valence-corrected chi connectivity index (χ0v) is 10.4. The van der Waals surface area contributed by atoms with Gasteiger partial charge in [0.1, 0.15) is 0 Å². The summed E-state index contributed by atoms with van der Waals surface area (Å²) >= 11 is 1.56. The van der Waals surface area contributed by atoms with Crippen molar-refractivity contribution in [2.24, 2.45) is 0 Å². The minimum absolute atomic E-state index is 0.0431. The molecule has 0 saturated carbocycles. The average molecular weight is 259 g/mol. The van der Waals surface area contributed by atoms with Gasteiger partial charge in [-0.25, -0.2) is 8.42 Å². The van der Waals surface area contributed by atoms with Crippen LogP contribution in [0.25, 0.3) is 0 Å². The first kappa shape index (κ1) is 11.8. The highest BCUT2D eigenvalue weighted by molar-refractivity contribution is 7.99. The molecule has 0 spiro atoms. The number of aliphatic hydroxyl groups excluding tert-OH is 1. The van der Waals surface area contributed by atoms with Crippen molar-refractivity contribution >= 4 is 27.3 Å². The largest absolute Gasteiger partial charge is 0.394 e. The summed E-state index contributed by atoms with van der Waals surface area (Å²) in [4.78, 5) is 1.26. The van der Waals surface area contributed by atoms with E-state index in [2.05, 4.69) is 5.32 Å². The van der Waals surface area contributed by atoms with Crippen molar-refractivity contribution in [2.75, 3.05) is 23.9 Å². The highest BCUT2D eigenvalue weighted by Gasteiger charge is 2.19. The lowest BCUT2D eigenvalue weighted by Crippen LogP contribution is -2.29. The first-order valence-electron chi connectivity index (χ1n) is 4.85. The van der Waals surface area contributed by atoms with E-state index in [0.717, 1.165) is 16.3 Å². The first-order valence-corrected chi connectivity index (χ1v) is 7.72. The van der Waals surface area contributed by atoms with E-state index in [1.807, 2.05) is 0 Å². The highest BCUT2D eigenvalue weighted by Crippen LogP contribution is 2.34. The normalized spacial score (nSPS) is 20.0. The standard InChI is InChI=1S/C10H13NO3S2/c1-16(13,14)8-2-3-9-10(4-8)15-6-7(5-12)11-9/h2-4,7,11-12H,5-6H2,1H3. The third kappa shape index (κ3) is 2.34. The van der Waals surface area contributed by atoms with E-state index in [1.54, 1.807) is 30.0 Å². The predicted molar refractivity (Wildman–Crippen MR) is 64.8 cm³/mol. The predicted octanol–water partition coefficient (Wildman–Crippen LogP) is 0.969. The number of thioether (sulfide) groups is 1. The molecule has 0 radical (unpaired) electrons. The van der Waals surface area contributed by atoms with E-state index in [4.69, 9.17) is 5.11 Å². The summed E-state index contributed by atoms with van der Waals surface area (Å²) in [5, 5.41) is 12.2. The van der Waals surface area contributed by atoms with Gasteiger partial charge in [-0.2, -0.15) is 0 Å². The molecule has 0 aromatic heterocycles. The summed E-state index contributed by atoms with van der Waals surface area (Å²) in [6, 6.07) is 5.05. The van der Waals surface area contributed by atoms with Gasteiger partial charge in [0.2, 0.25) is 0 Å². The number of benzene rings is 1. The fraction of sp³-hybridized carbons (Fsp3) is 0.400. The maximum atomic E-state index is 11.4. The maximum absolute atomic E-state index is 11.4. The Hall–Kier alpha value is -0.720. The molecule has 2 rings (SSSR count). The molecule has 0 bridgehead atoms. The summed E-state index contributed by atoms with van der Waals surface area (Å²) in [6.45, 7) is 0.0836. The van der Waals surface area contributed by atoms with Crippen LogP contribution in [0.4, 0.5) is 5.69 Å². The van der Waals surface area contributed by atoms with Crippen LogP contribution in [0, 0.1) is 0 Å². The van der Waals surface area contributed by atoms with Crippen molar-refractivity contribution in [3.8, 4) is 0 Å². The molecule has 1 atom stereocenters. The van der Waals surface area contributed by atoms with Gasteiger partial charge in [0.05, 0.1) is 17.5 Å². The maximum Gasteiger partial charge on any atom is 0.175 e. The molecule has 0 amide bonds. The van der Waals surface area contributed by atoms with Crippen molar-refractivity contribution in [3.05, 3.63) is 18.2 Å². The number of anilines is 1. The Balaban J connectivity index is 2.35. The zero-order chi connectivity index (χ0) is 11.8. The molecule has 6 heteroatoms. The summed E-state index contributed by atoms with van der Waals surface area (Å²) in [5.74, 6) is 0.747. The van der Waals surface area contributed by atoms with Gasteiger partial charge in [-0.05, 0) is 18.2 Å². The molecule has 16 heavy (non-hydrogen) atoms. The number of hydrogen-bond acceptors (Lipinski definition) is 5. The van der Waals surface area contributed by atoms with Crippen LogP contribution >= 0.6 is 11.8 Å². The molecule has 0 fully saturated rings. The van der Waals surface area contributed by atoms with Gasteiger partial charge < -0.3 is 10.4 Å². The van der Waals surface area contributed by atoms with E-state index in [-0.39, 0.29) is 12.6 Å². The second-order valence-electron chi connectivity index (χ2n) is 3.76. The Bertz CT molecular complexity index is 499. The Labute approximate surface area is 99.0 Å². The van der Waals surface area contributed by atoms with E-state index in [0.29, 0.717) is 4.90 Å². The third-order valence-corrected chi connectivity index (χ3v) is 4.73. The Morgan fingerprint density at radius 1 is 1.56 bits per heavy atom. The Morgan fingerprint density at radius 2 is 2.31 bits per heavy atom. The van der Waals surface area contributed by atoms with Gasteiger partial charge in [-0.1, -0.05) is 0 Å². The van der Waals surface area contributed by atoms with Gasteiger partial charge in [-0.15, -0.1) is 11.8 Å². The van der Waals surface area contributed by atoms with Gasteiger partial charge in [0, 0.05) is 22.6 Å². The minimum Gasteiger partial charge on any atom is -0.394 e. The quantitative estimate of drug-likeness (QED) is 0.828. The number of fused-ring (bicyclic) bond motifs is 1. The smallest absolute Gasteiger partial charge is 0.175 e. The topological polar surface area (TPSA) is 66.4 Å². The number of aliphatic hydroxyl groups is 1. The van der Waals surface area contributed by atoms with Crippen molar-refractivity contribution in [3.63, 3.8) is 0 Å². The van der Waals surface area contributed by atoms with Crippen molar-refractivity contribution < 1.29 is 13.5 Å². The van der Waals surface area contributed by atoms with Crippen LogP contribution < -0.4 is 5.32 Å². The molecule has 1 heterocycles. The van der Waals surface area contributed by atoms with Gasteiger partial charge in [0.15, 0.2) is 9.84 Å². The van der Waals surface area contributed by atoms with Crippen molar-refractivity contribution in [1.82, 2.24) is 0 Å². The molecule has 1 unspecified atom stereocenters. The fourth-order valence-electron chi connectivity index (χ4n) is 1.52. The van der Waals surface area contributed by atoms with Crippen LogP contribution in [-0.4, -0.2) is 38.2 Å². The molecule has 0 saturated heterocycles. The second-order valence-corrected chi connectivity index (χ2v) is 6.84. The molecule has 2 N–H and O–H groups in total. The number of nitrogens with one attached hydrogen (secondary N) is 1. The van der Waals surface area contributed by atoms with E-state index >= 15 is 0 Å². The van der Waals surface area contributed by atoms with Gasteiger partial charge in [0.25, 0.3) is 0 Å². The average Bonchev–Trinajstić information content (AvgIpc) is 2.26. The molecule has 1 aliphatic heterocycles. The molecule has 88 valence electrons. The second kappa shape index (κ2) is 4.27. The molecule has 1 aromatic carbocycles. The summed E-state index contributed by atoms with van der Waals surface area (Å²) < 4.78 is 22.7. The molecular weight excluding hydrogens is 246 g/mol. The monoisotopic (exact) mass is 259 g/mol. The van der Waals surface area contributed by atoms with E-state index in [1.165, 1.54) is 6.26 Å². The number of rotatable bonds is 2. The van der Waals surface area contributed by atoms with Crippen molar-refractivity contribution in [2.45, 2.75) is 15.8 Å². The highest BCUT2D eigenvalue weighted by atomic mass is 32.2. The third-order valence-electron chi connectivity index (χ3n) is 2.40. The number of sulfone groups is 1. The molecule has 1 aromatic rings. The van der Waals surface area contributed by atoms with Crippen LogP contribution in [0.5, 0.6) is 0 Å². The van der Waals surface area contributed by atoms with E-state index in [9.17, 15) is 8.42 Å². The van der Waals surface area contributed by atoms with Crippen LogP contribution in [0.15, 0.2) is 28.0 Å². The Kier molecular flexibility index (Phi) is 3.14. The van der Waals surface area contributed by atoms with E-state index < -0.39 is 9.84 Å². The van der Waals surface area contributed by atoms with Gasteiger partial charge >= 0.3 is 0 Å². The fourth-order valence-corrected chi connectivity index (χ4v) is 3.31. The summed E-state index contributed by atoms with van der Waals surface area (Å²) in [7, 11) is -3.15. The van der Waals surface area contributed by atoms with Gasteiger partial charge in [-0.3, -0.25) is 0 Å². The van der Waals surface area contributed by atoms with Crippen LogP contribution in [0.1, 0.15) is 0 Å². The lowest BCUT2D eigenvalue weighted by atomic mass is 10.2. The number of hydrogen-bond donors (Lipinski definition) is 2. The SMILES string of the molecule is CS(=O)(=O)c1ccc2c(c1)SCC(CO)N2. The van der Waals surface area contributed by atoms with Crippen LogP contribution in [0.3, 0.4) is 0 Å². The van der Waals surface area contributed by atoms with Crippen molar-refractivity contribution in [1.29, 1.82) is 0 Å². The first-order chi connectivity index (χ1) is 7.50. The molecular formula is C10H13NO3S2. The summed E-state index contributed by atoms with van der Waals surface area (Å²) in [6.07, 6.45) is 1.20. The zero-order valence-electron chi connectivity index (χ0n) is 8.80. The van der Waals surface area contributed by atoms with Crippen LogP contribution in [-0.2, 0) is 9.84 Å². The Morgan fingerprint density at radius 3 is 2.94 bits per heavy atom. The molecule has 1 aliphatic rings. The minimum atomic E-state index is -3.15. The molecule has 4 nitrogen and oxygen atoms in total. The molecule has 0 aliphatic carbocycles. The lowest BCUT2D eigenvalue weighted by molar-refractivity contribution is 0.282. The lowest BCUT2D eigenvalue weighted by Gasteiger charge is -2.25. The summed E-state index contributed by atoms with van der Waals surface area (Å²) in [5.41, 5.74) is 0.891. The van der Waals surface area contributed by atoms with Crippen LogP contribution in [0.2, 0.25) is 0 Å².